The van der Waals surface area contributed by atoms with Gasteiger partial charge in [-0.2, -0.15) is 4.37 Å². The monoisotopic (exact) mass is 358 g/mol. The van der Waals surface area contributed by atoms with Gasteiger partial charge in [0.05, 0.1) is 0 Å². The Morgan fingerprint density at radius 2 is 2.05 bits per heavy atom. The zero-order valence-corrected chi connectivity index (χ0v) is 14.2. The largest absolute Gasteiger partial charge is 0.503 e. The summed E-state index contributed by atoms with van der Waals surface area (Å²) in [5.74, 6) is -0.602. The first-order valence-electron chi connectivity index (χ1n) is 6.06. The molecule has 0 radical (unpaired) electrons. The van der Waals surface area contributed by atoms with E-state index in [0.29, 0.717) is 11.5 Å². The van der Waals surface area contributed by atoms with E-state index in [9.17, 15) is 13.5 Å². The standard InChI is InChI=1S/C12H14N4O3S3/c1-6-4-3-5-8(7(6)2)14-12(20)15-10-9(17)11(21-16-10)22(13,18)19/h3-5,17H,1-2H3,(H2,13,18,19)(H2,14,15,16,20). The minimum absolute atomic E-state index is 0.0585. The molecule has 0 aliphatic carbocycles. The number of aryl methyl sites for hydroxylation is 1. The van der Waals surface area contributed by atoms with Crippen molar-refractivity contribution in [3.05, 3.63) is 29.3 Å². The van der Waals surface area contributed by atoms with Gasteiger partial charge < -0.3 is 15.7 Å². The van der Waals surface area contributed by atoms with Gasteiger partial charge in [0.1, 0.15) is 0 Å². The van der Waals surface area contributed by atoms with Gasteiger partial charge in [-0.25, -0.2) is 13.6 Å². The number of nitrogens with one attached hydrogen (secondary N) is 2. The smallest absolute Gasteiger partial charge is 0.252 e. The van der Waals surface area contributed by atoms with Gasteiger partial charge >= 0.3 is 0 Å². The third kappa shape index (κ3) is 3.53. The molecule has 0 aliphatic heterocycles. The lowest BCUT2D eigenvalue weighted by Crippen LogP contribution is -2.20. The number of aromatic nitrogens is 1. The minimum atomic E-state index is -4.02. The second-order valence-corrected chi connectivity index (χ2v) is 7.48. The van der Waals surface area contributed by atoms with Gasteiger partial charge in [0.2, 0.25) is 0 Å². The first-order valence-corrected chi connectivity index (χ1v) is 8.78. The number of thiocarbonyl (C=S) groups is 1. The Hall–Kier alpha value is -1.75. The molecule has 1 aromatic carbocycles. The highest BCUT2D eigenvalue weighted by Crippen LogP contribution is 2.33. The van der Waals surface area contributed by atoms with Crippen LogP contribution in [0.4, 0.5) is 11.5 Å². The molecule has 2 aromatic rings. The fourth-order valence-electron chi connectivity index (χ4n) is 1.69. The summed E-state index contributed by atoms with van der Waals surface area (Å²) in [6.07, 6.45) is 0. The molecule has 118 valence electrons. The van der Waals surface area contributed by atoms with E-state index in [2.05, 4.69) is 15.0 Å². The van der Waals surface area contributed by atoms with Gasteiger partial charge in [0.25, 0.3) is 10.0 Å². The molecule has 0 fully saturated rings. The van der Waals surface area contributed by atoms with Gasteiger partial charge in [0, 0.05) is 5.69 Å². The Morgan fingerprint density at radius 1 is 1.36 bits per heavy atom. The average Bonchev–Trinajstić information content (AvgIpc) is 2.76. The van der Waals surface area contributed by atoms with Gasteiger partial charge in [-0.05, 0) is 54.8 Å². The summed E-state index contributed by atoms with van der Waals surface area (Å²) in [7, 11) is -4.02. The van der Waals surface area contributed by atoms with E-state index in [1.165, 1.54) is 0 Å². The van der Waals surface area contributed by atoms with Crippen LogP contribution in [0.2, 0.25) is 0 Å². The van der Waals surface area contributed by atoms with Crippen molar-refractivity contribution in [2.24, 2.45) is 5.14 Å². The number of hydrogen-bond donors (Lipinski definition) is 4. The van der Waals surface area contributed by atoms with Crippen molar-refractivity contribution in [2.75, 3.05) is 10.6 Å². The molecule has 1 aromatic heterocycles. The van der Waals surface area contributed by atoms with E-state index in [0.717, 1.165) is 16.8 Å². The van der Waals surface area contributed by atoms with Crippen LogP contribution >= 0.6 is 23.8 Å². The summed E-state index contributed by atoms with van der Waals surface area (Å²) in [4.78, 5) is 0. The average molecular weight is 358 g/mol. The third-order valence-electron chi connectivity index (χ3n) is 2.98. The Labute approximate surface area is 137 Å². The lowest BCUT2D eigenvalue weighted by atomic mass is 10.1. The number of nitrogens with two attached hydrogens (primary N) is 1. The highest BCUT2D eigenvalue weighted by atomic mass is 32.2. The molecule has 0 atom stereocenters. The van der Waals surface area contributed by atoms with Crippen LogP contribution < -0.4 is 15.8 Å². The first-order chi connectivity index (χ1) is 10.2. The van der Waals surface area contributed by atoms with Crippen molar-refractivity contribution in [2.45, 2.75) is 18.1 Å². The molecule has 2 rings (SSSR count). The molecule has 0 spiro atoms. The molecule has 7 nitrogen and oxygen atoms in total. The van der Waals surface area contributed by atoms with Crippen LogP contribution in [0.5, 0.6) is 5.75 Å². The third-order valence-corrected chi connectivity index (χ3v) is 5.45. The van der Waals surface area contributed by atoms with Crippen molar-refractivity contribution in [3.8, 4) is 5.75 Å². The maximum absolute atomic E-state index is 11.2. The second-order valence-electron chi connectivity index (χ2n) is 4.54. The first kappa shape index (κ1) is 16.6. The van der Waals surface area contributed by atoms with Crippen LogP contribution in [0, 0.1) is 13.8 Å². The number of nitrogens with zero attached hydrogens (tertiary/aromatic N) is 1. The molecule has 10 heteroatoms. The summed E-state index contributed by atoms with van der Waals surface area (Å²) in [6, 6.07) is 5.71. The highest BCUT2D eigenvalue weighted by Gasteiger charge is 2.22. The summed E-state index contributed by atoms with van der Waals surface area (Å²) in [5.41, 5.74) is 2.93. The molecule has 22 heavy (non-hydrogen) atoms. The van der Waals surface area contributed by atoms with Crippen LogP contribution in [0.3, 0.4) is 0 Å². The normalized spacial score (nSPS) is 11.2. The van der Waals surface area contributed by atoms with E-state index < -0.39 is 20.0 Å². The van der Waals surface area contributed by atoms with Crippen molar-refractivity contribution >= 4 is 50.4 Å². The summed E-state index contributed by atoms with van der Waals surface area (Å²) in [5, 5.41) is 20.6. The van der Waals surface area contributed by atoms with Crippen molar-refractivity contribution in [1.29, 1.82) is 0 Å². The van der Waals surface area contributed by atoms with Crippen LogP contribution in [0.15, 0.2) is 22.4 Å². The molecule has 0 saturated heterocycles. The Balaban J connectivity index is 2.17. The molecular formula is C12H14N4O3S3. The Morgan fingerprint density at radius 3 is 2.64 bits per heavy atom. The van der Waals surface area contributed by atoms with E-state index in [4.69, 9.17) is 17.4 Å². The van der Waals surface area contributed by atoms with Crippen LogP contribution in [-0.2, 0) is 10.0 Å². The SMILES string of the molecule is Cc1cccc(NC(=S)Nc2nsc(S(N)(=O)=O)c2O)c1C. The summed E-state index contributed by atoms with van der Waals surface area (Å²) in [6.45, 7) is 3.92. The number of aromatic hydroxyl groups is 1. The Kier molecular flexibility index (Phi) is 4.66. The van der Waals surface area contributed by atoms with Gasteiger partial charge in [-0.1, -0.05) is 12.1 Å². The maximum atomic E-state index is 11.2. The van der Waals surface area contributed by atoms with Crippen LogP contribution in [-0.4, -0.2) is 23.0 Å². The number of anilines is 2. The maximum Gasteiger partial charge on any atom is 0.252 e. The zero-order chi connectivity index (χ0) is 16.5. The van der Waals surface area contributed by atoms with E-state index in [1.807, 2.05) is 32.0 Å². The predicted octanol–water partition coefficient (Wildman–Crippen LogP) is 1.92. The fraction of sp³-hybridized carbons (Fsp3) is 0.167. The molecule has 0 amide bonds. The van der Waals surface area contributed by atoms with Crippen molar-refractivity contribution in [1.82, 2.24) is 4.37 Å². The molecular weight excluding hydrogens is 344 g/mol. The molecule has 0 bridgehead atoms. The van der Waals surface area contributed by atoms with Gasteiger partial charge in [-0.3, -0.25) is 0 Å². The van der Waals surface area contributed by atoms with Crippen molar-refractivity contribution in [3.63, 3.8) is 0 Å². The molecule has 5 N–H and O–H groups in total. The predicted molar refractivity (Wildman–Crippen MR) is 90.9 cm³/mol. The van der Waals surface area contributed by atoms with Gasteiger partial charge in [-0.15, -0.1) is 0 Å². The zero-order valence-electron chi connectivity index (χ0n) is 11.7. The molecule has 0 unspecified atom stereocenters. The lowest BCUT2D eigenvalue weighted by molar-refractivity contribution is 0.465. The topological polar surface area (TPSA) is 117 Å². The lowest BCUT2D eigenvalue weighted by Gasteiger charge is -2.12. The Bertz CT molecular complexity index is 830. The van der Waals surface area contributed by atoms with Gasteiger partial charge in [0.15, 0.2) is 20.9 Å². The quantitative estimate of drug-likeness (QED) is 0.619. The van der Waals surface area contributed by atoms with E-state index in [1.54, 1.807) is 0 Å². The molecule has 1 heterocycles. The number of rotatable bonds is 3. The van der Waals surface area contributed by atoms with E-state index >= 15 is 0 Å². The number of primary sulfonamides is 1. The number of benzene rings is 1. The summed E-state index contributed by atoms with van der Waals surface area (Å²) >= 11 is 5.71. The number of hydrogen-bond acceptors (Lipinski definition) is 6. The molecule has 0 aliphatic rings. The summed E-state index contributed by atoms with van der Waals surface area (Å²) < 4.78 is 25.9. The van der Waals surface area contributed by atoms with Crippen LogP contribution in [0.1, 0.15) is 11.1 Å². The van der Waals surface area contributed by atoms with Crippen LogP contribution in [0.25, 0.3) is 0 Å². The second kappa shape index (κ2) is 6.16. The highest BCUT2D eigenvalue weighted by molar-refractivity contribution is 7.91. The van der Waals surface area contributed by atoms with Crippen molar-refractivity contribution < 1.29 is 13.5 Å². The minimum Gasteiger partial charge on any atom is -0.503 e. The number of sulfonamides is 1. The molecule has 0 saturated carbocycles. The van der Waals surface area contributed by atoms with E-state index in [-0.39, 0.29) is 10.9 Å². The fourth-order valence-corrected chi connectivity index (χ4v) is 3.28.